The van der Waals surface area contributed by atoms with Crippen molar-refractivity contribution in [1.82, 2.24) is 15.5 Å². The molecule has 1 aromatic heterocycles. The Balaban J connectivity index is 1.40. The van der Waals surface area contributed by atoms with Crippen LogP contribution in [0.2, 0.25) is 0 Å². The maximum Gasteiger partial charge on any atom is 0.255 e. The van der Waals surface area contributed by atoms with Gasteiger partial charge in [-0.2, -0.15) is 5.10 Å². The van der Waals surface area contributed by atoms with E-state index in [-0.39, 0.29) is 18.5 Å². The van der Waals surface area contributed by atoms with Gasteiger partial charge in [-0.15, -0.1) is 0 Å². The average molecular weight is 353 g/mol. The lowest BCUT2D eigenvalue weighted by molar-refractivity contribution is 0.0955. The van der Waals surface area contributed by atoms with Crippen molar-refractivity contribution < 1.29 is 18.7 Å². The molecule has 3 aromatic rings. The summed E-state index contributed by atoms with van der Waals surface area (Å²) in [6.07, 6.45) is 2.13. The molecule has 0 saturated heterocycles. The molecule has 0 radical (unpaired) electrons. The first kappa shape index (κ1) is 16.1. The minimum Gasteiger partial charge on any atom is -0.454 e. The van der Waals surface area contributed by atoms with Crippen LogP contribution >= 0.6 is 0 Å². The Kier molecular flexibility index (Phi) is 4.27. The first-order chi connectivity index (χ1) is 12.7. The fourth-order valence-corrected chi connectivity index (χ4v) is 2.81. The molecule has 0 aliphatic carbocycles. The molecular weight excluding hydrogens is 337 g/mol. The van der Waals surface area contributed by atoms with Gasteiger partial charge < -0.3 is 14.8 Å². The van der Waals surface area contributed by atoms with E-state index >= 15 is 0 Å². The van der Waals surface area contributed by atoms with E-state index in [1.54, 1.807) is 12.1 Å². The number of ether oxygens (including phenoxy) is 2. The molecule has 0 bridgehead atoms. The molecule has 26 heavy (non-hydrogen) atoms. The number of hydrogen-bond acceptors (Lipinski definition) is 4. The summed E-state index contributed by atoms with van der Waals surface area (Å²) in [5.74, 6) is 0.893. The average Bonchev–Trinajstić information content (AvgIpc) is 3.31. The van der Waals surface area contributed by atoms with Crippen molar-refractivity contribution in [2.75, 3.05) is 13.3 Å². The number of H-pyrrole nitrogens is 1. The van der Waals surface area contributed by atoms with Gasteiger partial charge in [0.15, 0.2) is 11.5 Å². The highest BCUT2D eigenvalue weighted by atomic mass is 19.1. The van der Waals surface area contributed by atoms with E-state index in [1.807, 2.05) is 18.2 Å². The number of rotatable bonds is 5. The Hall–Kier alpha value is -3.35. The standard InChI is InChI=1S/C19H16FN3O3/c20-14-4-2-13(3-5-14)18-15(10-22-23-18)19(24)21-8-7-12-1-6-16-17(9-12)26-11-25-16/h1-6,9-10H,7-8,11H2,(H,21,24)(H,22,23). The van der Waals surface area contributed by atoms with Crippen molar-refractivity contribution in [2.24, 2.45) is 0 Å². The first-order valence-corrected chi connectivity index (χ1v) is 8.17. The molecule has 0 fully saturated rings. The van der Waals surface area contributed by atoms with Gasteiger partial charge in [0.25, 0.3) is 5.91 Å². The zero-order valence-electron chi connectivity index (χ0n) is 13.8. The molecule has 0 unspecified atom stereocenters. The summed E-state index contributed by atoms with van der Waals surface area (Å²) in [4.78, 5) is 12.5. The highest BCUT2D eigenvalue weighted by molar-refractivity contribution is 5.99. The van der Waals surface area contributed by atoms with Crippen LogP contribution in [-0.2, 0) is 6.42 Å². The molecule has 0 saturated carbocycles. The Morgan fingerprint density at radius 1 is 1.15 bits per heavy atom. The monoisotopic (exact) mass is 353 g/mol. The quantitative estimate of drug-likeness (QED) is 0.739. The highest BCUT2D eigenvalue weighted by Gasteiger charge is 2.16. The molecule has 6 nitrogen and oxygen atoms in total. The van der Waals surface area contributed by atoms with Crippen LogP contribution in [0.4, 0.5) is 4.39 Å². The van der Waals surface area contributed by atoms with Crippen molar-refractivity contribution in [3.63, 3.8) is 0 Å². The van der Waals surface area contributed by atoms with Crippen LogP contribution in [0.1, 0.15) is 15.9 Å². The molecule has 1 aliphatic heterocycles. The molecule has 0 spiro atoms. The van der Waals surface area contributed by atoms with Crippen LogP contribution in [0.15, 0.2) is 48.7 Å². The van der Waals surface area contributed by atoms with Crippen molar-refractivity contribution >= 4 is 5.91 Å². The lowest BCUT2D eigenvalue weighted by atomic mass is 10.1. The molecule has 0 atom stereocenters. The number of nitrogens with one attached hydrogen (secondary N) is 2. The fraction of sp³-hybridized carbons (Fsp3) is 0.158. The number of amides is 1. The molecular formula is C19H16FN3O3. The van der Waals surface area contributed by atoms with Gasteiger partial charge in [0.1, 0.15) is 5.82 Å². The van der Waals surface area contributed by atoms with Gasteiger partial charge in [0.2, 0.25) is 6.79 Å². The topological polar surface area (TPSA) is 76.2 Å². The van der Waals surface area contributed by atoms with Crippen LogP contribution < -0.4 is 14.8 Å². The van der Waals surface area contributed by atoms with Gasteiger partial charge in [0.05, 0.1) is 17.5 Å². The predicted octanol–water partition coefficient (Wildman–Crippen LogP) is 2.92. The Bertz CT molecular complexity index is 937. The number of aromatic nitrogens is 2. The van der Waals surface area contributed by atoms with Crippen LogP contribution in [0, 0.1) is 5.82 Å². The van der Waals surface area contributed by atoms with Gasteiger partial charge in [-0.05, 0) is 48.4 Å². The Morgan fingerprint density at radius 2 is 1.96 bits per heavy atom. The van der Waals surface area contributed by atoms with E-state index < -0.39 is 0 Å². The molecule has 1 amide bonds. The van der Waals surface area contributed by atoms with E-state index in [2.05, 4.69) is 15.5 Å². The second kappa shape index (κ2) is 6.87. The maximum absolute atomic E-state index is 13.1. The van der Waals surface area contributed by atoms with Crippen molar-refractivity contribution in [3.8, 4) is 22.8 Å². The van der Waals surface area contributed by atoms with Crippen molar-refractivity contribution in [1.29, 1.82) is 0 Å². The lowest BCUT2D eigenvalue weighted by Gasteiger charge is -2.07. The normalized spacial score (nSPS) is 12.2. The summed E-state index contributed by atoms with van der Waals surface area (Å²) < 4.78 is 23.7. The SMILES string of the molecule is O=C(NCCc1ccc2c(c1)OCO2)c1cn[nH]c1-c1ccc(F)cc1. The number of carbonyl (C=O) groups is 1. The molecule has 132 valence electrons. The smallest absolute Gasteiger partial charge is 0.255 e. The highest BCUT2D eigenvalue weighted by Crippen LogP contribution is 2.32. The molecule has 2 N–H and O–H groups in total. The molecule has 2 aromatic carbocycles. The molecule has 1 aliphatic rings. The summed E-state index contributed by atoms with van der Waals surface area (Å²) in [5, 5.41) is 9.61. The van der Waals surface area contributed by atoms with Gasteiger partial charge >= 0.3 is 0 Å². The number of carbonyl (C=O) groups excluding carboxylic acids is 1. The number of hydrogen-bond donors (Lipinski definition) is 2. The first-order valence-electron chi connectivity index (χ1n) is 8.17. The summed E-state index contributed by atoms with van der Waals surface area (Å²) >= 11 is 0. The van der Waals surface area contributed by atoms with Crippen molar-refractivity contribution in [2.45, 2.75) is 6.42 Å². The Morgan fingerprint density at radius 3 is 2.81 bits per heavy atom. The number of halogens is 1. The van der Waals surface area contributed by atoms with Gasteiger partial charge in [0, 0.05) is 12.1 Å². The maximum atomic E-state index is 13.1. The van der Waals surface area contributed by atoms with Crippen molar-refractivity contribution in [3.05, 3.63) is 65.6 Å². The van der Waals surface area contributed by atoms with Crippen LogP contribution in [0.3, 0.4) is 0 Å². The second-order valence-corrected chi connectivity index (χ2v) is 5.86. The summed E-state index contributed by atoms with van der Waals surface area (Å²) in [7, 11) is 0. The number of aromatic amines is 1. The summed E-state index contributed by atoms with van der Waals surface area (Å²) in [6.45, 7) is 0.703. The molecule has 2 heterocycles. The van der Waals surface area contributed by atoms with E-state index in [9.17, 15) is 9.18 Å². The van der Waals surface area contributed by atoms with Crippen LogP contribution in [0.5, 0.6) is 11.5 Å². The second-order valence-electron chi connectivity index (χ2n) is 5.86. The van der Waals surface area contributed by atoms with Gasteiger partial charge in [-0.1, -0.05) is 6.07 Å². The Labute approximate surface area is 149 Å². The number of nitrogens with zero attached hydrogens (tertiary/aromatic N) is 1. The zero-order valence-corrected chi connectivity index (χ0v) is 13.8. The van der Waals surface area contributed by atoms with Gasteiger partial charge in [-0.25, -0.2) is 4.39 Å². The number of fused-ring (bicyclic) bond motifs is 1. The zero-order chi connectivity index (χ0) is 17.9. The minimum atomic E-state index is -0.331. The minimum absolute atomic E-state index is 0.237. The largest absolute Gasteiger partial charge is 0.454 e. The van der Waals surface area contributed by atoms with Gasteiger partial charge in [-0.3, -0.25) is 9.89 Å². The third kappa shape index (κ3) is 3.23. The van der Waals surface area contributed by atoms with E-state index in [1.165, 1.54) is 18.3 Å². The van der Waals surface area contributed by atoms with E-state index in [0.717, 1.165) is 17.1 Å². The van der Waals surface area contributed by atoms with Crippen LogP contribution in [0.25, 0.3) is 11.3 Å². The van der Waals surface area contributed by atoms with Crippen LogP contribution in [-0.4, -0.2) is 29.4 Å². The fourth-order valence-electron chi connectivity index (χ4n) is 2.81. The molecule has 7 heteroatoms. The summed E-state index contributed by atoms with van der Waals surface area (Å²) in [6, 6.07) is 11.6. The predicted molar refractivity (Wildman–Crippen MR) is 92.6 cm³/mol. The van der Waals surface area contributed by atoms with E-state index in [4.69, 9.17) is 9.47 Å². The molecule has 4 rings (SSSR count). The third-order valence-electron chi connectivity index (χ3n) is 4.15. The number of benzene rings is 2. The third-order valence-corrected chi connectivity index (χ3v) is 4.15. The van der Waals surface area contributed by atoms with E-state index in [0.29, 0.717) is 29.8 Å². The summed E-state index contributed by atoms with van der Waals surface area (Å²) in [5.41, 5.74) is 2.72. The lowest BCUT2D eigenvalue weighted by Crippen LogP contribution is -2.25.